The van der Waals surface area contributed by atoms with Crippen molar-refractivity contribution >= 4 is 0 Å². The topological polar surface area (TPSA) is 29.9 Å². The molecule has 0 aliphatic rings. The van der Waals surface area contributed by atoms with Gasteiger partial charge in [0.25, 0.3) is 0 Å². The Morgan fingerprint density at radius 3 is 2.70 bits per heavy atom. The molecule has 0 fully saturated rings. The molecule has 20 heavy (non-hydrogen) atoms. The van der Waals surface area contributed by atoms with Crippen LogP contribution in [0.2, 0.25) is 0 Å². The number of halogens is 2. The van der Waals surface area contributed by atoms with Gasteiger partial charge < -0.3 is 9.88 Å². The highest BCUT2D eigenvalue weighted by atomic mass is 19.1. The van der Waals surface area contributed by atoms with Crippen LogP contribution in [0, 0.1) is 11.6 Å². The van der Waals surface area contributed by atoms with Gasteiger partial charge in [-0.25, -0.2) is 13.8 Å². The normalized spacial score (nSPS) is 11.8. The molecule has 1 heterocycles. The van der Waals surface area contributed by atoms with Gasteiger partial charge in [0.15, 0.2) is 0 Å². The molecule has 0 atom stereocenters. The molecule has 0 bridgehead atoms. The van der Waals surface area contributed by atoms with Crippen LogP contribution in [0.5, 0.6) is 0 Å². The van der Waals surface area contributed by atoms with Crippen LogP contribution in [-0.2, 0) is 13.1 Å². The smallest absolute Gasteiger partial charge is 0.128 e. The minimum Gasteiger partial charge on any atom is -0.329 e. The molecule has 0 aliphatic heterocycles. The molecule has 2 aromatic rings. The Balaban J connectivity index is 2.14. The Morgan fingerprint density at radius 2 is 2.00 bits per heavy atom. The lowest BCUT2D eigenvalue weighted by Crippen LogP contribution is -2.35. The molecule has 0 saturated carbocycles. The van der Waals surface area contributed by atoms with Crippen molar-refractivity contribution in [3.63, 3.8) is 0 Å². The Bertz CT molecular complexity index is 585. The second-order valence-corrected chi connectivity index (χ2v) is 5.85. The highest BCUT2D eigenvalue weighted by Gasteiger charge is 2.12. The van der Waals surface area contributed by atoms with Gasteiger partial charge in [-0.15, -0.1) is 0 Å². The zero-order chi connectivity index (χ0) is 14.8. The SMILES string of the molecule is CC(C)(C)NCc1cncn1Cc1cc(F)ccc1F. The Kier molecular flexibility index (Phi) is 4.18. The van der Waals surface area contributed by atoms with Gasteiger partial charge >= 0.3 is 0 Å². The van der Waals surface area contributed by atoms with E-state index < -0.39 is 11.6 Å². The number of imidazole rings is 1. The van der Waals surface area contributed by atoms with E-state index in [0.717, 1.165) is 17.8 Å². The summed E-state index contributed by atoms with van der Waals surface area (Å²) in [5, 5.41) is 3.35. The van der Waals surface area contributed by atoms with E-state index >= 15 is 0 Å². The molecule has 2 rings (SSSR count). The quantitative estimate of drug-likeness (QED) is 0.932. The van der Waals surface area contributed by atoms with Crippen LogP contribution in [0.3, 0.4) is 0 Å². The summed E-state index contributed by atoms with van der Waals surface area (Å²) in [7, 11) is 0. The fourth-order valence-electron chi connectivity index (χ4n) is 1.84. The summed E-state index contributed by atoms with van der Waals surface area (Å²) in [6.07, 6.45) is 3.36. The lowest BCUT2D eigenvalue weighted by Gasteiger charge is -2.21. The predicted octanol–water partition coefficient (Wildman–Crippen LogP) is 3.10. The van der Waals surface area contributed by atoms with E-state index in [4.69, 9.17) is 0 Å². The molecule has 1 aromatic heterocycles. The first-order valence-corrected chi connectivity index (χ1v) is 6.53. The van der Waals surface area contributed by atoms with Crippen LogP contribution in [0.1, 0.15) is 32.0 Å². The van der Waals surface area contributed by atoms with Crippen LogP contribution in [0.25, 0.3) is 0 Å². The van der Waals surface area contributed by atoms with E-state index in [1.165, 1.54) is 6.07 Å². The van der Waals surface area contributed by atoms with Crippen LogP contribution < -0.4 is 5.32 Å². The Hall–Kier alpha value is -1.75. The summed E-state index contributed by atoms with van der Waals surface area (Å²) >= 11 is 0. The molecule has 5 heteroatoms. The third kappa shape index (κ3) is 3.87. The minimum absolute atomic E-state index is 0.0147. The standard InChI is InChI=1S/C15H19F2N3/c1-15(2,3)19-8-13-7-18-10-20(13)9-11-6-12(16)4-5-14(11)17/h4-7,10,19H,8-9H2,1-3H3. The van der Waals surface area contributed by atoms with Crippen LogP contribution in [-0.4, -0.2) is 15.1 Å². The second-order valence-electron chi connectivity index (χ2n) is 5.85. The summed E-state index contributed by atoms with van der Waals surface area (Å²) in [4.78, 5) is 4.08. The number of rotatable bonds is 4. The van der Waals surface area contributed by atoms with Gasteiger partial charge in [0.2, 0.25) is 0 Å². The highest BCUT2D eigenvalue weighted by molar-refractivity contribution is 5.20. The first-order valence-electron chi connectivity index (χ1n) is 6.53. The highest BCUT2D eigenvalue weighted by Crippen LogP contribution is 2.13. The first-order chi connectivity index (χ1) is 9.35. The fraction of sp³-hybridized carbons (Fsp3) is 0.400. The molecule has 3 nitrogen and oxygen atoms in total. The maximum Gasteiger partial charge on any atom is 0.128 e. The van der Waals surface area contributed by atoms with E-state index in [1.54, 1.807) is 12.5 Å². The molecule has 0 aliphatic carbocycles. The largest absolute Gasteiger partial charge is 0.329 e. The summed E-state index contributed by atoms with van der Waals surface area (Å²) in [6, 6.07) is 3.49. The van der Waals surface area contributed by atoms with Gasteiger partial charge in [-0.05, 0) is 39.0 Å². The van der Waals surface area contributed by atoms with Gasteiger partial charge in [0, 0.05) is 23.8 Å². The number of nitrogens with one attached hydrogen (secondary N) is 1. The van der Waals surface area contributed by atoms with Gasteiger partial charge in [-0.2, -0.15) is 0 Å². The zero-order valence-corrected chi connectivity index (χ0v) is 12.0. The molecule has 108 valence electrons. The lowest BCUT2D eigenvalue weighted by atomic mass is 10.1. The van der Waals surface area contributed by atoms with E-state index in [2.05, 4.69) is 31.1 Å². The lowest BCUT2D eigenvalue weighted by molar-refractivity contribution is 0.416. The van der Waals surface area contributed by atoms with Crippen LogP contribution in [0.4, 0.5) is 8.78 Å². The molecule has 0 saturated heterocycles. The molecule has 1 aromatic carbocycles. The van der Waals surface area contributed by atoms with Crippen molar-refractivity contribution in [1.82, 2.24) is 14.9 Å². The van der Waals surface area contributed by atoms with Crippen molar-refractivity contribution in [1.29, 1.82) is 0 Å². The first kappa shape index (κ1) is 14.7. The summed E-state index contributed by atoms with van der Waals surface area (Å²) in [5.41, 5.74) is 1.24. The van der Waals surface area contributed by atoms with Gasteiger partial charge in [-0.3, -0.25) is 0 Å². The third-order valence-electron chi connectivity index (χ3n) is 2.95. The van der Waals surface area contributed by atoms with E-state index in [9.17, 15) is 8.78 Å². The summed E-state index contributed by atoms with van der Waals surface area (Å²) in [5.74, 6) is -0.842. The molecule has 1 N–H and O–H groups in total. The van der Waals surface area contributed by atoms with Crippen molar-refractivity contribution in [2.24, 2.45) is 0 Å². The van der Waals surface area contributed by atoms with Crippen LogP contribution in [0.15, 0.2) is 30.7 Å². The molecule has 0 radical (unpaired) electrons. The Labute approximate surface area is 117 Å². The molecule has 0 unspecified atom stereocenters. The van der Waals surface area contributed by atoms with Crippen LogP contribution >= 0.6 is 0 Å². The molecular weight excluding hydrogens is 260 g/mol. The van der Waals surface area contributed by atoms with Crippen molar-refractivity contribution in [3.8, 4) is 0 Å². The minimum atomic E-state index is -0.434. The van der Waals surface area contributed by atoms with Crippen molar-refractivity contribution in [2.45, 2.75) is 39.4 Å². The second kappa shape index (κ2) is 5.71. The third-order valence-corrected chi connectivity index (χ3v) is 2.95. The van der Waals surface area contributed by atoms with Gasteiger partial charge in [0.05, 0.1) is 18.6 Å². The number of benzene rings is 1. The number of hydrogen-bond acceptors (Lipinski definition) is 2. The fourth-order valence-corrected chi connectivity index (χ4v) is 1.84. The monoisotopic (exact) mass is 279 g/mol. The summed E-state index contributed by atoms with van der Waals surface area (Å²) < 4.78 is 28.6. The Morgan fingerprint density at radius 1 is 1.25 bits per heavy atom. The van der Waals surface area contributed by atoms with Crippen molar-refractivity contribution in [3.05, 3.63) is 53.6 Å². The maximum atomic E-state index is 13.7. The van der Waals surface area contributed by atoms with E-state index in [1.807, 2.05) is 4.57 Å². The van der Waals surface area contributed by atoms with E-state index in [0.29, 0.717) is 12.1 Å². The average Bonchev–Trinajstić information content (AvgIpc) is 2.78. The molecular formula is C15H19F2N3. The van der Waals surface area contributed by atoms with Crippen molar-refractivity contribution in [2.75, 3.05) is 0 Å². The number of aromatic nitrogens is 2. The van der Waals surface area contributed by atoms with E-state index in [-0.39, 0.29) is 12.1 Å². The zero-order valence-electron chi connectivity index (χ0n) is 12.0. The molecule has 0 spiro atoms. The molecule has 0 amide bonds. The van der Waals surface area contributed by atoms with Crippen molar-refractivity contribution < 1.29 is 8.78 Å². The van der Waals surface area contributed by atoms with Gasteiger partial charge in [0.1, 0.15) is 11.6 Å². The maximum absolute atomic E-state index is 13.7. The number of nitrogens with zero attached hydrogens (tertiary/aromatic N) is 2. The summed E-state index contributed by atoms with van der Waals surface area (Å²) in [6.45, 7) is 7.10. The number of hydrogen-bond donors (Lipinski definition) is 1. The van der Waals surface area contributed by atoms with Gasteiger partial charge in [-0.1, -0.05) is 0 Å². The average molecular weight is 279 g/mol. The predicted molar refractivity (Wildman–Crippen MR) is 74.3 cm³/mol.